The van der Waals surface area contributed by atoms with Gasteiger partial charge >= 0.3 is 0 Å². The van der Waals surface area contributed by atoms with Crippen molar-refractivity contribution in [3.63, 3.8) is 0 Å². The fourth-order valence-corrected chi connectivity index (χ4v) is 2.56. The molecule has 5 heteroatoms. The maximum atomic E-state index is 12.6. The summed E-state index contributed by atoms with van der Waals surface area (Å²) in [5.41, 5.74) is 1.48. The molecule has 26 heavy (non-hydrogen) atoms. The van der Waals surface area contributed by atoms with Crippen molar-refractivity contribution < 1.29 is 14.3 Å². The van der Waals surface area contributed by atoms with Crippen LogP contribution in [0.4, 0.5) is 0 Å². The van der Waals surface area contributed by atoms with E-state index in [4.69, 9.17) is 4.74 Å². The lowest BCUT2D eigenvalue weighted by atomic mass is 10.0. The average molecular weight is 354 g/mol. The number of benzene rings is 2. The maximum absolute atomic E-state index is 12.6. The predicted molar refractivity (Wildman–Crippen MR) is 102 cm³/mol. The highest BCUT2D eigenvalue weighted by Crippen LogP contribution is 2.13. The molecular formula is C21H26N2O3. The van der Waals surface area contributed by atoms with Crippen LogP contribution in [0.15, 0.2) is 54.6 Å². The number of carbonyl (C=O) groups excluding carboxylic acids is 2. The molecule has 1 unspecified atom stereocenters. The summed E-state index contributed by atoms with van der Waals surface area (Å²) in [6, 6.07) is 15.9. The number of ether oxygens (including phenoxy) is 1. The van der Waals surface area contributed by atoms with Gasteiger partial charge in [-0.1, -0.05) is 44.2 Å². The SMILES string of the molecule is CCOc1cccc(CNC(=O)C(NC(=O)c2ccccc2)C(C)C)c1. The van der Waals surface area contributed by atoms with Crippen LogP contribution < -0.4 is 15.4 Å². The largest absolute Gasteiger partial charge is 0.494 e. The topological polar surface area (TPSA) is 67.4 Å². The number of carbonyl (C=O) groups is 2. The molecule has 2 amide bonds. The van der Waals surface area contributed by atoms with Gasteiger partial charge in [0, 0.05) is 12.1 Å². The molecule has 0 fully saturated rings. The van der Waals surface area contributed by atoms with Gasteiger partial charge in [0.2, 0.25) is 5.91 Å². The summed E-state index contributed by atoms with van der Waals surface area (Å²) in [6.07, 6.45) is 0. The summed E-state index contributed by atoms with van der Waals surface area (Å²) in [4.78, 5) is 24.9. The summed E-state index contributed by atoms with van der Waals surface area (Å²) in [7, 11) is 0. The minimum atomic E-state index is -0.599. The highest BCUT2D eigenvalue weighted by molar-refractivity contribution is 5.97. The molecule has 0 aliphatic heterocycles. The quantitative estimate of drug-likeness (QED) is 0.765. The van der Waals surface area contributed by atoms with Gasteiger partial charge < -0.3 is 15.4 Å². The van der Waals surface area contributed by atoms with Gasteiger partial charge in [0.1, 0.15) is 11.8 Å². The summed E-state index contributed by atoms with van der Waals surface area (Å²) in [5, 5.41) is 5.72. The second-order valence-corrected chi connectivity index (χ2v) is 6.36. The first kappa shape index (κ1) is 19.5. The zero-order chi connectivity index (χ0) is 18.9. The fraction of sp³-hybridized carbons (Fsp3) is 0.333. The van der Waals surface area contributed by atoms with E-state index in [1.54, 1.807) is 24.3 Å². The summed E-state index contributed by atoms with van der Waals surface area (Å²) in [6.45, 7) is 6.72. The Morgan fingerprint density at radius 3 is 2.42 bits per heavy atom. The first-order chi connectivity index (χ1) is 12.5. The van der Waals surface area contributed by atoms with Gasteiger partial charge in [-0.2, -0.15) is 0 Å². The van der Waals surface area contributed by atoms with Gasteiger partial charge in [-0.25, -0.2) is 0 Å². The Morgan fingerprint density at radius 1 is 1.04 bits per heavy atom. The third kappa shape index (κ3) is 5.62. The first-order valence-electron chi connectivity index (χ1n) is 8.86. The smallest absolute Gasteiger partial charge is 0.251 e. The number of hydrogen-bond acceptors (Lipinski definition) is 3. The van der Waals surface area contributed by atoms with E-state index < -0.39 is 6.04 Å². The molecular weight excluding hydrogens is 328 g/mol. The zero-order valence-electron chi connectivity index (χ0n) is 15.5. The molecule has 2 aromatic carbocycles. The van der Waals surface area contributed by atoms with E-state index in [1.807, 2.05) is 51.1 Å². The molecule has 0 saturated heterocycles. The first-order valence-corrected chi connectivity index (χ1v) is 8.86. The molecule has 1 atom stereocenters. The summed E-state index contributed by atoms with van der Waals surface area (Å²) < 4.78 is 5.47. The Hall–Kier alpha value is -2.82. The second-order valence-electron chi connectivity index (χ2n) is 6.36. The molecule has 0 aliphatic carbocycles. The van der Waals surface area contributed by atoms with Gasteiger partial charge in [0.05, 0.1) is 6.61 Å². The van der Waals surface area contributed by atoms with E-state index in [1.165, 1.54) is 0 Å². The zero-order valence-corrected chi connectivity index (χ0v) is 15.5. The minimum absolute atomic E-state index is 0.0302. The van der Waals surface area contributed by atoms with E-state index in [0.29, 0.717) is 18.7 Å². The Labute approximate surface area is 154 Å². The molecule has 0 radical (unpaired) electrons. The van der Waals surface area contributed by atoms with Crippen molar-refractivity contribution in [2.24, 2.45) is 5.92 Å². The number of amides is 2. The van der Waals surface area contributed by atoms with Crippen LogP contribution in [0.5, 0.6) is 5.75 Å². The van der Waals surface area contributed by atoms with E-state index in [9.17, 15) is 9.59 Å². The van der Waals surface area contributed by atoms with E-state index in [-0.39, 0.29) is 17.7 Å². The van der Waals surface area contributed by atoms with Crippen molar-refractivity contribution in [2.45, 2.75) is 33.4 Å². The monoisotopic (exact) mass is 354 g/mol. The van der Waals surface area contributed by atoms with Crippen molar-refractivity contribution in [3.05, 3.63) is 65.7 Å². The molecule has 0 saturated carbocycles. The fourth-order valence-electron chi connectivity index (χ4n) is 2.56. The van der Waals surface area contributed by atoms with Crippen LogP contribution in [-0.4, -0.2) is 24.5 Å². The van der Waals surface area contributed by atoms with Gasteiger partial charge in [0.15, 0.2) is 0 Å². The number of hydrogen-bond donors (Lipinski definition) is 2. The molecule has 2 N–H and O–H groups in total. The molecule has 138 valence electrons. The Bertz CT molecular complexity index is 729. The molecule has 2 rings (SSSR count). The van der Waals surface area contributed by atoms with Gasteiger partial charge in [-0.15, -0.1) is 0 Å². The molecule has 0 bridgehead atoms. The van der Waals surface area contributed by atoms with Crippen molar-refractivity contribution in [1.29, 1.82) is 0 Å². The molecule has 2 aromatic rings. The lowest BCUT2D eigenvalue weighted by Gasteiger charge is -2.22. The normalized spacial score (nSPS) is 11.7. The average Bonchev–Trinajstić information content (AvgIpc) is 2.65. The number of rotatable bonds is 8. The van der Waals surface area contributed by atoms with Crippen LogP contribution in [0.2, 0.25) is 0 Å². The minimum Gasteiger partial charge on any atom is -0.494 e. The van der Waals surface area contributed by atoms with Crippen LogP contribution in [-0.2, 0) is 11.3 Å². The lowest BCUT2D eigenvalue weighted by molar-refractivity contribution is -0.124. The Kier molecular flexibility index (Phi) is 7.21. The van der Waals surface area contributed by atoms with Gasteiger partial charge in [0.25, 0.3) is 5.91 Å². The van der Waals surface area contributed by atoms with Crippen molar-refractivity contribution in [3.8, 4) is 5.75 Å². The highest BCUT2D eigenvalue weighted by Gasteiger charge is 2.24. The third-order valence-corrected chi connectivity index (χ3v) is 3.95. The Balaban J connectivity index is 1.98. The maximum Gasteiger partial charge on any atom is 0.251 e. The molecule has 5 nitrogen and oxygen atoms in total. The standard InChI is InChI=1S/C21H26N2O3/c1-4-26-18-12-8-9-16(13-18)14-22-21(25)19(15(2)3)23-20(24)17-10-6-5-7-11-17/h5-13,15,19H,4,14H2,1-3H3,(H,22,25)(H,23,24). The van der Waals surface area contributed by atoms with Crippen LogP contribution in [0, 0.1) is 5.92 Å². The molecule has 0 spiro atoms. The van der Waals surface area contributed by atoms with Crippen molar-refractivity contribution >= 4 is 11.8 Å². The van der Waals surface area contributed by atoms with Crippen LogP contribution in [0.1, 0.15) is 36.7 Å². The van der Waals surface area contributed by atoms with Crippen LogP contribution >= 0.6 is 0 Å². The second kappa shape index (κ2) is 9.61. The van der Waals surface area contributed by atoms with Crippen molar-refractivity contribution in [1.82, 2.24) is 10.6 Å². The summed E-state index contributed by atoms with van der Waals surface area (Å²) in [5.74, 6) is 0.290. The number of nitrogens with one attached hydrogen (secondary N) is 2. The molecule has 0 aromatic heterocycles. The van der Waals surface area contributed by atoms with Gasteiger partial charge in [-0.3, -0.25) is 9.59 Å². The third-order valence-electron chi connectivity index (χ3n) is 3.95. The molecule has 0 aliphatic rings. The van der Waals surface area contributed by atoms with Crippen LogP contribution in [0.25, 0.3) is 0 Å². The van der Waals surface area contributed by atoms with E-state index in [2.05, 4.69) is 10.6 Å². The summed E-state index contributed by atoms with van der Waals surface area (Å²) >= 11 is 0. The van der Waals surface area contributed by atoms with E-state index in [0.717, 1.165) is 11.3 Å². The highest BCUT2D eigenvalue weighted by atomic mass is 16.5. The van der Waals surface area contributed by atoms with Gasteiger partial charge in [-0.05, 0) is 42.7 Å². The lowest BCUT2D eigenvalue weighted by Crippen LogP contribution is -2.49. The Morgan fingerprint density at radius 2 is 1.77 bits per heavy atom. The van der Waals surface area contributed by atoms with E-state index >= 15 is 0 Å². The van der Waals surface area contributed by atoms with Crippen LogP contribution in [0.3, 0.4) is 0 Å². The van der Waals surface area contributed by atoms with Crippen molar-refractivity contribution in [2.75, 3.05) is 6.61 Å². The predicted octanol–water partition coefficient (Wildman–Crippen LogP) is 3.16. The molecule has 0 heterocycles.